The average Bonchev–Trinajstić information content (AvgIpc) is 2.55. The van der Waals surface area contributed by atoms with Crippen molar-refractivity contribution in [2.75, 3.05) is 10.6 Å². The van der Waals surface area contributed by atoms with Crippen molar-refractivity contribution in [2.45, 2.75) is 26.8 Å². The number of benzene rings is 2. The van der Waals surface area contributed by atoms with Crippen molar-refractivity contribution >= 4 is 28.2 Å². The molecule has 0 fully saturated rings. The summed E-state index contributed by atoms with van der Waals surface area (Å²) in [4.78, 5) is 17.3. The standard InChI is InChI=1S/C20H21N3O/c1-13(2)21-17-9-5-4-8-16(17)20(24)23-18-10-6-7-15-12-11-14(3)22-19(15)18/h4-13,21H,1-3H3,(H,23,24). The van der Waals surface area contributed by atoms with E-state index in [1.165, 1.54) is 0 Å². The second kappa shape index (κ2) is 6.71. The molecule has 0 saturated carbocycles. The maximum atomic E-state index is 12.8. The van der Waals surface area contributed by atoms with Crippen LogP contribution in [0.4, 0.5) is 11.4 Å². The summed E-state index contributed by atoms with van der Waals surface area (Å²) in [5.74, 6) is -0.144. The Morgan fingerprint density at radius 1 is 0.958 bits per heavy atom. The van der Waals surface area contributed by atoms with E-state index in [9.17, 15) is 4.79 Å². The number of amides is 1. The van der Waals surface area contributed by atoms with Crippen LogP contribution in [0.5, 0.6) is 0 Å². The number of hydrogen-bond donors (Lipinski definition) is 2. The molecule has 0 aliphatic heterocycles. The van der Waals surface area contributed by atoms with Crippen LogP contribution in [0.1, 0.15) is 29.9 Å². The number of anilines is 2. The van der Waals surface area contributed by atoms with E-state index < -0.39 is 0 Å². The van der Waals surface area contributed by atoms with Gasteiger partial charge in [-0.3, -0.25) is 9.78 Å². The molecule has 122 valence electrons. The maximum absolute atomic E-state index is 12.8. The smallest absolute Gasteiger partial charge is 0.257 e. The van der Waals surface area contributed by atoms with Crippen LogP contribution in [0.25, 0.3) is 10.9 Å². The van der Waals surface area contributed by atoms with Crippen molar-refractivity contribution in [3.63, 3.8) is 0 Å². The monoisotopic (exact) mass is 319 g/mol. The first-order valence-corrected chi connectivity index (χ1v) is 8.08. The van der Waals surface area contributed by atoms with Crippen molar-refractivity contribution in [3.8, 4) is 0 Å². The van der Waals surface area contributed by atoms with Crippen molar-refractivity contribution in [2.24, 2.45) is 0 Å². The van der Waals surface area contributed by atoms with E-state index >= 15 is 0 Å². The first-order chi connectivity index (χ1) is 11.5. The lowest BCUT2D eigenvalue weighted by atomic mass is 10.1. The Balaban J connectivity index is 1.95. The molecule has 0 aliphatic carbocycles. The number of carbonyl (C=O) groups excluding carboxylic acids is 1. The Labute approximate surface area is 141 Å². The Morgan fingerprint density at radius 2 is 1.71 bits per heavy atom. The Bertz CT molecular complexity index is 887. The van der Waals surface area contributed by atoms with Crippen LogP contribution >= 0.6 is 0 Å². The zero-order chi connectivity index (χ0) is 17.1. The van der Waals surface area contributed by atoms with Gasteiger partial charge in [0.2, 0.25) is 0 Å². The van der Waals surface area contributed by atoms with Crippen molar-refractivity contribution in [3.05, 3.63) is 65.9 Å². The molecular formula is C20H21N3O. The van der Waals surface area contributed by atoms with E-state index in [0.29, 0.717) is 5.56 Å². The number of nitrogens with one attached hydrogen (secondary N) is 2. The highest BCUT2D eigenvalue weighted by Crippen LogP contribution is 2.24. The molecule has 4 heteroatoms. The number of rotatable bonds is 4. The predicted molar refractivity (Wildman–Crippen MR) is 99.6 cm³/mol. The van der Waals surface area contributed by atoms with E-state index in [2.05, 4.69) is 15.6 Å². The van der Waals surface area contributed by atoms with E-state index in [0.717, 1.165) is 28.0 Å². The van der Waals surface area contributed by atoms with Gasteiger partial charge in [0.25, 0.3) is 5.91 Å². The van der Waals surface area contributed by atoms with Crippen LogP contribution in [-0.4, -0.2) is 16.9 Å². The molecule has 24 heavy (non-hydrogen) atoms. The minimum atomic E-state index is -0.144. The molecule has 0 unspecified atom stereocenters. The van der Waals surface area contributed by atoms with Gasteiger partial charge in [-0.15, -0.1) is 0 Å². The quantitative estimate of drug-likeness (QED) is 0.738. The summed E-state index contributed by atoms with van der Waals surface area (Å²) in [6, 6.07) is 17.6. The number of carbonyl (C=O) groups is 1. The molecule has 1 aromatic heterocycles. The molecule has 1 heterocycles. The summed E-state index contributed by atoms with van der Waals surface area (Å²) >= 11 is 0. The van der Waals surface area contributed by atoms with Gasteiger partial charge in [-0.05, 0) is 45.0 Å². The largest absolute Gasteiger partial charge is 0.382 e. The second-order valence-electron chi connectivity index (χ2n) is 6.13. The minimum absolute atomic E-state index is 0.144. The fourth-order valence-electron chi connectivity index (χ4n) is 2.65. The van der Waals surface area contributed by atoms with Crippen LogP contribution in [0.2, 0.25) is 0 Å². The number of fused-ring (bicyclic) bond motifs is 1. The molecule has 3 aromatic rings. The fourth-order valence-corrected chi connectivity index (χ4v) is 2.65. The van der Waals surface area contributed by atoms with Gasteiger partial charge in [-0.2, -0.15) is 0 Å². The fraction of sp³-hybridized carbons (Fsp3) is 0.200. The number of para-hydroxylation sites is 2. The molecule has 0 bridgehead atoms. The highest BCUT2D eigenvalue weighted by atomic mass is 16.1. The third-order valence-electron chi connectivity index (χ3n) is 3.72. The van der Waals surface area contributed by atoms with Gasteiger partial charge in [-0.25, -0.2) is 0 Å². The molecule has 0 aliphatic rings. The summed E-state index contributed by atoms with van der Waals surface area (Å²) in [6.07, 6.45) is 0. The third kappa shape index (κ3) is 3.38. The van der Waals surface area contributed by atoms with Gasteiger partial charge < -0.3 is 10.6 Å². The van der Waals surface area contributed by atoms with Gasteiger partial charge >= 0.3 is 0 Å². The molecule has 4 nitrogen and oxygen atoms in total. The van der Waals surface area contributed by atoms with Crippen LogP contribution in [0.15, 0.2) is 54.6 Å². The van der Waals surface area contributed by atoms with E-state index in [4.69, 9.17) is 0 Å². The van der Waals surface area contributed by atoms with Gasteiger partial charge in [0.15, 0.2) is 0 Å². The summed E-state index contributed by atoms with van der Waals surface area (Å²) < 4.78 is 0. The highest BCUT2D eigenvalue weighted by molar-refractivity contribution is 6.11. The molecule has 0 spiro atoms. The Hall–Kier alpha value is -2.88. The topological polar surface area (TPSA) is 54.0 Å². The van der Waals surface area contributed by atoms with Gasteiger partial charge in [-0.1, -0.05) is 30.3 Å². The van der Waals surface area contributed by atoms with Gasteiger partial charge in [0.1, 0.15) is 0 Å². The number of aryl methyl sites for hydroxylation is 1. The molecule has 3 rings (SSSR count). The molecule has 0 radical (unpaired) electrons. The second-order valence-corrected chi connectivity index (χ2v) is 6.13. The Morgan fingerprint density at radius 3 is 2.50 bits per heavy atom. The average molecular weight is 319 g/mol. The number of hydrogen-bond acceptors (Lipinski definition) is 3. The van der Waals surface area contributed by atoms with Crippen LogP contribution in [-0.2, 0) is 0 Å². The summed E-state index contributed by atoms with van der Waals surface area (Å²) in [6.45, 7) is 6.04. The molecule has 0 atom stereocenters. The molecule has 2 aromatic carbocycles. The number of pyridine rings is 1. The summed E-state index contributed by atoms with van der Waals surface area (Å²) in [5.41, 5.74) is 3.90. The Kier molecular flexibility index (Phi) is 4.47. The summed E-state index contributed by atoms with van der Waals surface area (Å²) in [5, 5.41) is 7.32. The van der Waals surface area contributed by atoms with Crippen LogP contribution in [0.3, 0.4) is 0 Å². The number of nitrogens with zero attached hydrogens (tertiary/aromatic N) is 1. The molecule has 2 N–H and O–H groups in total. The normalized spacial score (nSPS) is 10.8. The molecule has 1 amide bonds. The van der Waals surface area contributed by atoms with Crippen LogP contribution < -0.4 is 10.6 Å². The lowest BCUT2D eigenvalue weighted by Gasteiger charge is -2.15. The highest BCUT2D eigenvalue weighted by Gasteiger charge is 2.13. The predicted octanol–water partition coefficient (Wildman–Crippen LogP) is 4.62. The van der Waals surface area contributed by atoms with Gasteiger partial charge in [0, 0.05) is 22.8 Å². The SMILES string of the molecule is Cc1ccc2cccc(NC(=O)c3ccccc3NC(C)C)c2n1. The first kappa shape index (κ1) is 16.0. The zero-order valence-electron chi connectivity index (χ0n) is 14.1. The van der Waals surface area contributed by atoms with Gasteiger partial charge in [0.05, 0.1) is 16.8 Å². The lowest BCUT2D eigenvalue weighted by Crippen LogP contribution is -2.17. The van der Waals surface area contributed by atoms with Crippen molar-refractivity contribution < 1.29 is 4.79 Å². The van der Waals surface area contributed by atoms with Crippen LogP contribution in [0, 0.1) is 6.92 Å². The minimum Gasteiger partial charge on any atom is -0.382 e. The van der Waals surface area contributed by atoms with E-state index in [1.54, 1.807) is 0 Å². The third-order valence-corrected chi connectivity index (χ3v) is 3.72. The van der Waals surface area contributed by atoms with E-state index in [1.807, 2.05) is 75.4 Å². The number of aromatic nitrogens is 1. The van der Waals surface area contributed by atoms with E-state index in [-0.39, 0.29) is 11.9 Å². The first-order valence-electron chi connectivity index (χ1n) is 8.08. The summed E-state index contributed by atoms with van der Waals surface area (Å²) in [7, 11) is 0. The van der Waals surface area contributed by atoms with Crippen molar-refractivity contribution in [1.29, 1.82) is 0 Å². The molecular weight excluding hydrogens is 298 g/mol. The molecule has 0 saturated heterocycles. The zero-order valence-corrected chi connectivity index (χ0v) is 14.1. The van der Waals surface area contributed by atoms with Crippen molar-refractivity contribution in [1.82, 2.24) is 4.98 Å². The lowest BCUT2D eigenvalue weighted by molar-refractivity contribution is 0.102. The maximum Gasteiger partial charge on any atom is 0.257 e.